The fourth-order valence-corrected chi connectivity index (χ4v) is 2.11. The van der Waals surface area contributed by atoms with Gasteiger partial charge in [0.15, 0.2) is 0 Å². The van der Waals surface area contributed by atoms with Crippen molar-refractivity contribution >= 4 is 17.9 Å². The van der Waals surface area contributed by atoms with Gasteiger partial charge in [-0.25, -0.2) is 9.59 Å². The largest absolute Gasteiger partial charge is 0.480 e. The molecule has 7 nitrogen and oxygen atoms in total. The first-order valence-electron chi connectivity index (χ1n) is 7.00. The van der Waals surface area contributed by atoms with Crippen molar-refractivity contribution in [2.45, 2.75) is 39.2 Å². The Balaban J connectivity index is 2.37. The first-order valence-corrected chi connectivity index (χ1v) is 7.00. The predicted octanol–water partition coefficient (Wildman–Crippen LogP) is 0.407. The topological polar surface area (TPSA) is 98.7 Å². The van der Waals surface area contributed by atoms with Crippen LogP contribution in [0, 0.1) is 5.92 Å². The zero-order chi connectivity index (χ0) is 15.1. The molecule has 0 aliphatic carbocycles. The van der Waals surface area contributed by atoms with Crippen molar-refractivity contribution in [2.24, 2.45) is 5.92 Å². The number of carbonyl (C=O) groups excluding carboxylic acids is 2. The second-order valence-corrected chi connectivity index (χ2v) is 5.12. The van der Waals surface area contributed by atoms with E-state index in [2.05, 4.69) is 10.6 Å². The zero-order valence-corrected chi connectivity index (χ0v) is 12.0. The molecule has 2 atom stereocenters. The van der Waals surface area contributed by atoms with Gasteiger partial charge in [0.05, 0.1) is 6.54 Å². The Hall–Kier alpha value is -1.79. The molecule has 1 fully saturated rings. The second kappa shape index (κ2) is 7.72. The van der Waals surface area contributed by atoms with Gasteiger partial charge >= 0.3 is 12.0 Å². The maximum absolute atomic E-state index is 11.7. The third-order valence-electron chi connectivity index (χ3n) is 3.62. The molecule has 3 amide bonds. The van der Waals surface area contributed by atoms with Crippen LogP contribution in [0.1, 0.15) is 33.1 Å². The Labute approximate surface area is 118 Å². The van der Waals surface area contributed by atoms with Crippen LogP contribution in [0.5, 0.6) is 0 Å². The molecule has 1 aliphatic heterocycles. The Kier molecular flexibility index (Phi) is 6.27. The normalized spacial score (nSPS) is 17.4. The Bertz CT molecular complexity index is 367. The molecule has 2 unspecified atom stereocenters. The van der Waals surface area contributed by atoms with Crippen molar-refractivity contribution in [3.8, 4) is 0 Å². The molecule has 0 bridgehead atoms. The van der Waals surface area contributed by atoms with Gasteiger partial charge < -0.3 is 20.6 Å². The first-order chi connectivity index (χ1) is 9.45. The number of urea groups is 1. The molecule has 0 radical (unpaired) electrons. The van der Waals surface area contributed by atoms with Crippen LogP contribution in [-0.4, -0.2) is 53.6 Å². The van der Waals surface area contributed by atoms with E-state index in [0.29, 0.717) is 6.42 Å². The first kappa shape index (κ1) is 16.3. The summed E-state index contributed by atoms with van der Waals surface area (Å²) in [7, 11) is 0. The molecule has 114 valence electrons. The van der Waals surface area contributed by atoms with Gasteiger partial charge in [-0.05, 0) is 18.8 Å². The molecule has 1 saturated heterocycles. The minimum atomic E-state index is -1.07. The predicted molar refractivity (Wildman–Crippen MR) is 73.2 cm³/mol. The van der Waals surface area contributed by atoms with Gasteiger partial charge in [0.25, 0.3) is 0 Å². The fourth-order valence-electron chi connectivity index (χ4n) is 2.11. The van der Waals surface area contributed by atoms with Gasteiger partial charge in [-0.1, -0.05) is 20.3 Å². The molecule has 3 N–H and O–H groups in total. The Morgan fingerprint density at radius 3 is 2.35 bits per heavy atom. The summed E-state index contributed by atoms with van der Waals surface area (Å²) < 4.78 is 0. The van der Waals surface area contributed by atoms with Crippen molar-refractivity contribution in [1.29, 1.82) is 0 Å². The zero-order valence-electron chi connectivity index (χ0n) is 12.0. The van der Waals surface area contributed by atoms with Crippen LogP contribution in [0.4, 0.5) is 4.79 Å². The number of rotatable bonds is 6. The summed E-state index contributed by atoms with van der Waals surface area (Å²) in [6, 6.07) is -1.56. The van der Waals surface area contributed by atoms with Crippen LogP contribution in [0.2, 0.25) is 0 Å². The molecule has 0 aromatic heterocycles. The summed E-state index contributed by atoms with van der Waals surface area (Å²) in [5.41, 5.74) is 0. The highest BCUT2D eigenvalue weighted by atomic mass is 16.4. The average molecular weight is 285 g/mol. The van der Waals surface area contributed by atoms with E-state index in [1.54, 1.807) is 11.8 Å². The molecule has 7 heteroatoms. The van der Waals surface area contributed by atoms with E-state index in [9.17, 15) is 14.4 Å². The molecule has 1 heterocycles. The number of nitrogens with one attached hydrogen (secondary N) is 2. The number of carboxylic acids is 1. The van der Waals surface area contributed by atoms with Crippen molar-refractivity contribution in [2.75, 3.05) is 19.6 Å². The SMILES string of the molecule is CCC(C)C(NC(=O)NCC(=O)N1CCCC1)C(=O)O. The molecular weight excluding hydrogens is 262 g/mol. The molecule has 0 aromatic rings. The molecular formula is C13H23N3O4. The Morgan fingerprint density at radius 2 is 1.85 bits per heavy atom. The third kappa shape index (κ3) is 4.71. The van der Waals surface area contributed by atoms with E-state index in [0.717, 1.165) is 25.9 Å². The molecule has 0 spiro atoms. The Morgan fingerprint density at radius 1 is 1.25 bits per heavy atom. The van der Waals surface area contributed by atoms with Crippen LogP contribution in [0.15, 0.2) is 0 Å². The molecule has 1 rings (SSSR count). The van der Waals surface area contributed by atoms with Gasteiger partial charge in [0, 0.05) is 13.1 Å². The van der Waals surface area contributed by atoms with Crippen molar-refractivity contribution in [3.63, 3.8) is 0 Å². The highest BCUT2D eigenvalue weighted by Gasteiger charge is 2.25. The number of hydrogen-bond acceptors (Lipinski definition) is 3. The lowest BCUT2D eigenvalue weighted by atomic mass is 9.99. The summed E-state index contributed by atoms with van der Waals surface area (Å²) in [5.74, 6) is -1.37. The van der Waals surface area contributed by atoms with E-state index in [1.165, 1.54) is 0 Å². The van der Waals surface area contributed by atoms with Gasteiger partial charge in [0.1, 0.15) is 6.04 Å². The summed E-state index contributed by atoms with van der Waals surface area (Å²) in [6.07, 6.45) is 2.63. The number of carboxylic acid groups (broad SMARTS) is 1. The number of amides is 3. The lowest BCUT2D eigenvalue weighted by Gasteiger charge is -2.21. The van der Waals surface area contributed by atoms with Crippen molar-refractivity contribution < 1.29 is 19.5 Å². The number of hydrogen-bond donors (Lipinski definition) is 3. The highest BCUT2D eigenvalue weighted by molar-refractivity contribution is 5.86. The van der Waals surface area contributed by atoms with Crippen LogP contribution in [0.3, 0.4) is 0 Å². The van der Waals surface area contributed by atoms with Crippen LogP contribution >= 0.6 is 0 Å². The van der Waals surface area contributed by atoms with E-state index in [-0.39, 0.29) is 18.4 Å². The smallest absolute Gasteiger partial charge is 0.326 e. The second-order valence-electron chi connectivity index (χ2n) is 5.12. The van der Waals surface area contributed by atoms with Gasteiger partial charge in [-0.3, -0.25) is 4.79 Å². The number of aliphatic carboxylic acids is 1. The quantitative estimate of drug-likeness (QED) is 0.658. The van der Waals surface area contributed by atoms with Crippen molar-refractivity contribution in [3.05, 3.63) is 0 Å². The fraction of sp³-hybridized carbons (Fsp3) is 0.769. The lowest BCUT2D eigenvalue weighted by Crippen LogP contribution is -2.51. The third-order valence-corrected chi connectivity index (χ3v) is 3.62. The van der Waals surface area contributed by atoms with E-state index in [1.807, 2.05) is 6.92 Å². The minimum absolute atomic E-state index is 0.0985. The van der Waals surface area contributed by atoms with Crippen LogP contribution in [-0.2, 0) is 9.59 Å². The molecule has 20 heavy (non-hydrogen) atoms. The summed E-state index contributed by atoms with van der Waals surface area (Å²) >= 11 is 0. The maximum atomic E-state index is 11.7. The van der Waals surface area contributed by atoms with Gasteiger partial charge in [0.2, 0.25) is 5.91 Å². The number of nitrogens with zero attached hydrogens (tertiary/aromatic N) is 1. The molecule has 0 saturated carbocycles. The molecule has 0 aromatic carbocycles. The lowest BCUT2D eigenvalue weighted by molar-refractivity contribution is -0.140. The summed E-state index contributed by atoms with van der Waals surface area (Å²) in [5, 5.41) is 13.9. The van der Waals surface area contributed by atoms with Crippen molar-refractivity contribution in [1.82, 2.24) is 15.5 Å². The maximum Gasteiger partial charge on any atom is 0.326 e. The van der Waals surface area contributed by atoms with Gasteiger partial charge in [-0.15, -0.1) is 0 Å². The van der Waals surface area contributed by atoms with Crippen LogP contribution < -0.4 is 10.6 Å². The molecule has 1 aliphatic rings. The van der Waals surface area contributed by atoms with E-state index < -0.39 is 18.0 Å². The van der Waals surface area contributed by atoms with Gasteiger partial charge in [-0.2, -0.15) is 0 Å². The summed E-state index contributed by atoms with van der Waals surface area (Å²) in [4.78, 5) is 36.1. The highest BCUT2D eigenvalue weighted by Crippen LogP contribution is 2.08. The minimum Gasteiger partial charge on any atom is -0.480 e. The van der Waals surface area contributed by atoms with Crippen LogP contribution in [0.25, 0.3) is 0 Å². The number of carbonyl (C=O) groups is 3. The summed E-state index contributed by atoms with van der Waals surface area (Å²) in [6.45, 7) is 4.98. The standard InChI is InChI=1S/C13H23N3O4/c1-3-9(2)11(12(18)19)15-13(20)14-8-10(17)16-6-4-5-7-16/h9,11H,3-8H2,1-2H3,(H,18,19)(H2,14,15,20). The monoisotopic (exact) mass is 285 g/mol. The van der Waals surface area contributed by atoms with E-state index in [4.69, 9.17) is 5.11 Å². The average Bonchev–Trinajstić information content (AvgIpc) is 2.95. The number of likely N-dealkylation sites (tertiary alicyclic amines) is 1. The van der Waals surface area contributed by atoms with E-state index >= 15 is 0 Å².